The standard InChI is InChI=1S/C22H25N3O3/c26-21(23-15-7-17-28-19-10-5-2-6-11-19)12-13-22(27)25-16-14-20(24-25)18-8-3-1-4-9-18/h1-6,8-11H,7,12-17H2,(H,23,26). The molecule has 1 aliphatic heterocycles. The van der Waals surface area contributed by atoms with Crippen LogP contribution in [-0.4, -0.2) is 42.2 Å². The molecular formula is C22H25N3O3. The van der Waals surface area contributed by atoms with Crippen LogP contribution in [0.3, 0.4) is 0 Å². The molecule has 0 fully saturated rings. The van der Waals surface area contributed by atoms with Gasteiger partial charge in [0.15, 0.2) is 0 Å². The maximum atomic E-state index is 12.3. The Morgan fingerprint density at radius 1 is 1.00 bits per heavy atom. The molecule has 0 spiro atoms. The quantitative estimate of drug-likeness (QED) is 0.681. The van der Waals surface area contributed by atoms with E-state index in [1.807, 2.05) is 60.7 Å². The molecule has 28 heavy (non-hydrogen) atoms. The second kappa shape index (κ2) is 10.3. The predicted octanol–water partition coefficient (Wildman–Crippen LogP) is 2.99. The number of hydrazone groups is 1. The summed E-state index contributed by atoms with van der Waals surface area (Å²) in [5, 5.41) is 8.70. The number of hydrogen-bond acceptors (Lipinski definition) is 4. The molecule has 3 rings (SSSR count). The number of ether oxygens (including phenoxy) is 1. The predicted molar refractivity (Wildman–Crippen MR) is 108 cm³/mol. The Kier molecular flexibility index (Phi) is 7.18. The minimum atomic E-state index is -0.125. The zero-order chi connectivity index (χ0) is 19.6. The van der Waals surface area contributed by atoms with Crippen molar-refractivity contribution in [3.63, 3.8) is 0 Å². The Hall–Kier alpha value is -3.15. The highest BCUT2D eigenvalue weighted by Gasteiger charge is 2.21. The first kappa shape index (κ1) is 19.6. The van der Waals surface area contributed by atoms with Crippen molar-refractivity contribution in [3.05, 3.63) is 66.2 Å². The number of amides is 2. The molecule has 1 N–H and O–H groups in total. The second-order valence-electron chi connectivity index (χ2n) is 6.54. The van der Waals surface area contributed by atoms with Gasteiger partial charge >= 0.3 is 0 Å². The number of rotatable bonds is 9. The molecule has 6 heteroatoms. The van der Waals surface area contributed by atoms with E-state index < -0.39 is 0 Å². The molecule has 0 saturated carbocycles. The normalized spacial score (nSPS) is 13.1. The van der Waals surface area contributed by atoms with Gasteiger partial charge in [-0.05, 0) is 24.1 Å². The molecule has 2 aromatic rings. The lowest BCUT2D eigenvalue weighted by Crippen LogP contribution is -2.28. The van der Waals surface area contributed by atoms with Crippen LogP contribution in [0.25, 0.3) is 0 Å². The van der Waals surface area contributed by atoms with Gasteiger partial charge in [-0.1, -0.05) is 48.5 Å². The minimum Gasteiger partial charge on any atom is -0.494 e. The van der Waals surface area contributed by atoms with Gasteiger partial charge in [0.05, 0.1) is 18.9 Å². The molecule has 146 valence electrons. The summed E-state index contributed by atoms with van der Waals surface area (Å²) in [5.74, 6) is 0.577. The number of carbonyl (C=O) groups is 2. The fourth-order valence-corrected chi connectivity index (χ4v) is 2.92. The van der Waals surface area contributed by atoms with E-state index in [0.717, 1.165) is 23.4 Å². The Bertz CT molecular complexity index is 806. The van der Waals surface area contributed by atoms with Gasteiger partial charge in [0.1, 0.15) is 5.75 Å². The summed E-state index contributed by atoms with van der Waals surface area (Å²) in [7, 11) is 0. The fraction of sp³-hybridized carbons (Fsp3) is 0.318. The molecule has 2 amide bonds. The fourth-order valence-electron chi connectivity index (χ4n) is 2.92. The average Bonchev–Trinajstić information content (AvgIpc) is 3.23. The topological polar surface area (TPSA) is 71.0 Å². The Labute approximate surface area is 165 Å². The molecule has 0 aromatic heterocycles. The van der Waals surface area contributed by atoms with Crippen LogP contribution in [0.15, 0.2) is 65.8 Å². The molecule has 0 bridgehead atoms. The summed E-state index contributed by atoms with van der Waals surface area (Å²) in [6.45, 7) is 1.63. The van der Waals surface area contributed by atoms with Crippen molar-refractivity contribution >= 4 is 17.5 Å². The van der Waals surface area contributed by atoms with Crippen LogP contribution in [0.2, 0.25) is 0 Å². The SMILES string of the molecule is O=C(CCC(=O)N1CCC(c2ccccc2)=N1)NCCCOc1ccccc1. The number of nitrogens with one attached hydrogen (secondary N) is 1. The van der Waals surface area contributed by atoms with Crippen molar-refractivity contribution in [2.45, 2.75) is 25.7 Å². The Morgan fingerprint density at radius 2 is 1.71 bits per heavy atom. The van der Waals surface area contributed by atoms with E-state index in [2.05, 4.69) is 10.4 Å². The molecule has 0 atom stereocenters. The highest BCUT2D eigenvalue weighted by Crippen LogP contribution is 2.15. The zero-order valence-electron chi connectivity index (χ0n) is 15.8. The maximum Gasteiger partial charge on any atom is 0.243 e. The van der Waals surface area contributed by atoms with Crippen LogP contribution in [0.4, 0.5) is 0 Å². The largest absolute Gasteiger partial charge is 0.494 e. The monoisotopic (exact) mass is 379 g/mol. The van der Waals surface area contributed by atoms with Gasteiger partial charge in [0.2, 0.25) is 11.8 Å². The first-order valence-electron chi connectivity index (χ1n) is 9.60. The summed E-state index contributed by atoms with van der Waals surface area (Å²) in [6.07, 6.45) is 1.79. The molecule has 0 unspecified atom stereocenters. The van der Waals surface area contributed by atoms with Crippen molar-refractivity contribution in [1.29, 1.82) is 0 Å². The van der Waals surface area contributed by atoms with Gasteiger partial charge < -0.3 is 10.1 Å². The van der Waals surface area contributed by atoms with Crippen molar-refractivity contribution in [1.82, 2.24) is 10.3 Å². The first-order valence-corrected chi connectivity index (χ1v) is 9.60. The number of nitrogens with zero attached hydrogens (tertiary/aromatic N) is 2. The number of benzene rings is 2. The van der Waals surface area contributed by atoms with Gasteiger partial charge in [-0.25, -0.2) is 5.01 Å². The van der Waals surface area contributed by atoms with Gasteiger partial charge in [0.25, 0.3) is 0 Å². The van der Waals surface area contributed by atoms with E-state index in [0.29, 0.717) is 26.1 Å². The zero-order valence-corrected chi connectivity index (χ0v) is 15.8. The molecule has 0 saturated heterocycles. The molecule has 1 aliphatic rings. The molecule has 1 heterocycles. The summed E-state index contributed by atoms with van der Waals surface area (Å²) in [4.78, 5) is 24.2. The highest BCUT2D eigenvalue weighted by atomic mass is 16.5. The van der Waals surface area contributed by atoms with Gasteiger partial charge in [-0.3, -0.25) is 9.59 Å². The van der Waals surface area contributed by atoms with E-state index in [1.54, 1.807) is 0 Å². The summed E-state index contributed by atoms with van der Waals surface area (Å²) in [6, 6.07) is 19.4. The summed E-state index contributed by atoms with van der Waals surface area (Å²) >= 11 is 0. The summed E-state index contributed by atoms with van der Waals surface area (Å²) in [5.41, 5.74) is 1.95. The van der Waals surface area contributed by atoms with E-state index >= 15 is 0 Å². The third-order valence-corrected chi connectivity index (χ3v) is 4.42. The van der Waals surface area contributed by atoms with Gasteiger partial charge in [-0.2, -0.15) is 5.10 Å². The number of carbonyl (C=O) groups excluding carboxylic acids is 2. The van der Waals surface area contributed by atoms with Gasteiger partial charge in [0, 0.05) is 25.8 Å². The minimum absolute atomic E-state index is 0.117. The van der Waals surface area contributed by atoms with Crippen molar-refractivity contribution in [2.24, 2.45) is 5.10 Å². The first-order chi connectivity index (χ1) is 13.7. The van der Waals surface area contributed by atoms with Crippen LogP contribution in [0.1, 0.15) is 31.2 Å². The average molecular weight is 379 g/mol. The van der Waals surface area contributed by atoms with Crippen LogP contribution in [0, 0.1) is 0 Å². The summed E-state index contributed by atoms with van der Waals surface area (Å²) < 4.78 is 5.57. The molecule has 2 aromatic carbocycles. The maximum absolute atomic E-state index is 12.3. The lowest BCUT2D eigenvalue weighted by atomic mass is 10.1. The van der Waals surface area contributed by atoms with Crippen LogP contribution >= 0.6 is 0 Å². The lowest BCUT2D eigenvalue weighted by molar-refractivity contribution is -0.133. The highest BCUT2D eigenvalue weighted by molar-refractivity contribution is 6.02. The molecule has 0 aliphatic carbocycles. The van der Waals surface area contributed by atoms with Crippen LogP contribution < -0.4 is 10.1 Å². The third-order valence-electron chi connectivity index (χ3n) is 4.42. The van der Waals surface area contributed by atoms with Crippen molar-refractivity contribution < 1.29 is 14.3 Å². The third kappa shape index (κ3) is 5.94. The number of para-hydroxylation sites is 1. The molecule has 6 nitrogen and oxygen atoms in total. The lowest BCUT2D eigenvalue weighted by Gasteiger charge is -2.11. The van der Waals surface area contributed by atoms with E-state index in [9.17, 15) is 9.59 Å². The van der Waals surface area contributed by atoms with Gasteiger partial charge in [-0.15, -0.1) is 0 Å². The van der Waals surface area contributed by atoms with E-state index in [1.165, 1.54) is 5.01 Å². The Morgan fingerprint density at radius 3 is 2.46 bits per heavy atom. The van der Waals surface area contributed by atoms with E-state index in [4.69, 9.17) is 4.74 Å². The Balaban J connectivity index is 1.31. The van der Waals surface area contributed by atoms with Crippen molar-refractivity contribution in [3.8, 4) is 5.75 Å². The smallest absolute Gasteiger partial charge is 0.243 e. The van der Waals surface area contributed by atoms with Crippen LogP contribution in [-0.2, 0) is 9.59 Å². The van der Waals surface area contributed by atoms with Crippen LogP contribution in [0.5, 0.6) is 5.75 Å². The van der Waals surface area contributed by atoms with E-state index in [-0.39, 0.29) is 24.7 Å². The number of hydrogen-bond donors (Lipinski definition) is 1. The van der Waals surface area contributed by atoms with Crippen molar-refractivity contribution in [2.75, 3.05) is 19.7 Å². The molecule has 0 radical (unpaired) electrons. The molecular weight excluding hydrogens is 354 g/mol. The second-order valence-corrected chi connectivity index (χ2v) is 6.54.